The third-order valence-corrected chi connectivity index (χ3v) is 5.07. The Morgan fingerprint density at radius 3 is 1.97 bits per heavy atom. The summed E-state index contributed by atoms with van der Waals surface area (Å²) in [6, 6.07) is 7.26. The lowest BCUT2D eigenvalue weighted by Gasteiger charge is -2.22. The van der Waals surface area contributed by atoms with Gasteiger partial charge in [-0.05, 0) is 31.2 Å². The minimum atomic E-state index is -1.84. The fourth-order valence-electron chi connectivity index (χ4n) is 3.60. The van der Waals surface area contributed by atoms with Crippen molar-refractivity contribution in [3.63, 3.8) is 0 Å². The summed E-state index contributed by atoms with van der Waals surface area (Å²) < 4.78 is 50.2. The van der Waals surface area contributed by atoms with Crippen LogP contribution in [0.25, 0.3) is 0 Å². The predicted molar refractivity (Wildman–Crippen MR) is 109 cm³/mol. The van der Waals surface area contributed by atoms with E-state index in [-0.39, 0.29) is 17.9 Å². The number of esters is 1. The van der Waals surface area contributed by atoms with E-state index in [0.29, 0.717) is 0 Å². The number of para-hydroxylation sites is 1. The van der Waals surface area contributed by atoms with E-state index in [4.69, 9.17) is 4.74 Å². The molecule has 3 N–H and O–H groups in total. The minimum absolute atomic E-state index is 0.0235. The molecular weight excluding hydrogens is 443 g/mol. The van der Waals surface area contributed by atoms with Crippen LogP contribution < -0.4 is 5.32 Å². The molecule has 7 nitrogen and oxygen atoms in total. The van der Waals surface area contributed by atoms with Crippen LogP contribution in [0.2, 0.25) is 0 Å². The van der Waals surface area contributed by atoms with Crippen LogP contribution in [0.1, 0.15) is 49.1 Å². The number of anilines is 2. The fraction of sp³-hybridized carbons (Fsp3) is 0.0870. The highest BCUT2D eigenvalue weighted by Crippen LogP contribution is 2.42. The number of carbonyl (C=O) groups is 3. The number of aromatic hydroxyl groups is 2. The smallest absolute Gasteiger partial charge is 0.340 e. The first-order chi connectivity index (χ1) is 15.7. The van der Waals surface area contributed by atoms with Gasteiger partial charge in [0.2, 0.25) is 11.6 Å². The molecule has 0 heterocycles. The molecule has 3 aromatic rings. The van der Waals surface area contributed by atoms with E-state index in [2.05, 4.69) is 5.32 Å². The molecule has 0 atom stereocenters. The van der Waals surface area contributed by atoms with Crippen molar-refractivity contribution in [1.82, 2.24) is 0 Å². The number of ketones is 2. The molecule has 0 aromatic heterocycles. The topological polar surface area (TPSA) is 113 Å². The molecule has 0 amide bonds. The lowest BCUT2D eigenvalue weighted by molar-refractivity contribution is 0.0527. The van der Waals surface area contributed by atoms with Crippen molar-refractivity contribution < 1.29 is 42.5 Å². The molecule has 0 spiro atoms. The van der Waals surface area contributed by atoms with Gasteiger partial charge in [-0.3, -0.25) is 9.59 Å². The monoisotopic (exact) mass is 457 g/mol. The molecule has 33 heavy (non-hydrogen) atoms. The number of halogens is 3. The zero-order valence-electron chi connectivity index (χ0n) is 16.8. The van der Waals surface area contributed by atoms with Gasteiger partial charge in [0.25, 0.3) is 0 Å². The van der Waals surface area contributed by atoms with Gasteiger partial charge in [-0.25, -0.2) is 18.0 Å². The first-order valence-corrected chi connectivity index (χ1v) is 9.56. The summed E-state index contributed by atoms with van der Waals surface area (Å²) in [5, 5.41) is 22.2. The van der Waals surface area contributed by atoms with Crippen LogP contribution >= 0.6 is 0 Å². The number of carbonyl (C=O) groups excluding carboxylic acids is 3. The highest BCUT2D eigenvalue weighted by molar-refractivity contribution is 6.30. The molecule has 4 rings (SSSR count). The van der Waals surface area contributed by atoms with E-state index in [1.807, 2.05) is 0 Å². The third-order valence-electron chi connectivity index (χ3n) is 5.07. The standard InChI is InChI=1S/C23H14F3NO6/c1-2-33-23(32)9-5-3-4-6-10(9)27-20-18(25)16-15(17(24)19(20)26)21(30)13-11(28)7-8-12(29)14(13)22(16)31/h3-8,27-29H,2H2,1H3. The molecule has 0 saturated heterocycles. The van der Waals surface area contributed by atoms with E-state index in [0.717, 1.165) is 12.1 Å². The van der Waals surface area contributed by atoms with Crippen LogP contribution in [0, 0.1) is 17.5 Å². The average molecular weight is 457 g/mol. The Labute approximate surface area is 184 Å². The van der Waals surface area contributed by atoms with Gasteiger partial charge in [0.05, 0.1) is 40.1 Å². The molecule has 3 aromatic carbocycles. The van der Waals surface area contributed by atoms with Crippen LogP contribution in [-0.2, 0) is 4.74 Å². The summed E-state index contributed by atoms with van der Waals surface area (Å²) in [5.74, 6) is -10.3. The van der Waals surface area contributed by atoms with Gasteiger partial charge < -0.3 is 20.3 Å². The van der Waals surface area contributed by atoms with Crippen LogP contribution in [0.3, 0.4) is 0 Å². The number of nitrogens with one attached hydrogen (secondary N) is 1. The molecule has 0 saturated carbocycles. The highest BCUT2D eigenvalue weighted by Gasteiger charge is 2.41. The maximum absolute atomic E-state index is 15.4. The molecule has 0 aliphatic heterocycles. The Balaban J connectivity index is 1.92. The van der Waals surface area contributed by atoms with Gasteiger partial charge in [0.1, 0.15) is 17.2 Å². The number of phenols is 2. The maximum atomic E-state index is 15.4. The van der Waals surface area contributed by atoms with Gasteiger partial charge in [-0.2, -0.15) is 0 Å². The van der Waals surface area contributed by atoms with E-state index in [1.54, 1.807) is 6.92 Å². The lowest BCUT2D eigenvalue weighted by Crippen LogP contribution is -2.26. The summed E-state index contributed by atoms with van der Waals surface area (Å²) in [5.41, 5.74) is -5.24. The van der Waals surface area contributed by atoms with Crippen LogP contribution in [0.5, 0.6) is 11.5 Å². The van der Waals surface area contributed by atoms with Crippen LogP contribution in [0.4, 0.5) is 24.5 Å². The Morgan fingerprint density at radius 1 is 0.848 bits per heavy atom. The summed E-state index contributed by atoms with van der Waals surface area (Å²) in [6.45, 7) is 1.58. The number of hydrogen-bond donors (Lipinski definition) is 3. The molecule has 168 valence electrons. The quantitative estimate of drug-likeness (QED) is 0.239. The summed E-state index contributed by atoms with van der Waals surface area (Å²) >= 11 is 0. The van der Waals surface area contributed by atoms with Crippen molar-refractivity contribution in [2.24, 2.45) is 0 Å². The molecule has 0 unspecified atom stereocenters. The number of ether oxygens (including phenoxy) is 1. The number of hydrogen-bond acceptors (Lipinski definition) is 7. The fourth-order valence-corrected chi connectivity index (χ4v) is 3.60. The number of fused-ring (bicyclic) bond motifs is 2. The van der Waals surface area contributed by atoms with Crippen molar-refractivity contribution in [2.45, 2.75) is 6.92 Å². The average Bonchev–Trinajstić information content (AvgIpc) is 2.79. The van der Waals surface area contributed by atoms with Crippen molar-refractivity contribution in [1.29, 1.82) is 0 Å². The highest BCUT2D eigenvalue weighted by atomic mass is 19.2. The van der Waals surface area contributed by atoms with Crippen LogP contribution in [-0.4, -0.2) is 34.4 Å². The molecule has 0 bridgehead atoms. The molecule has 0 fully saturated rings. The van der Waals surface area contributed by atoms with Gasteiger partial charge in [-0.15, -0.1) is 0 Å². The number of benzene rings is 3. The Morgan fingerprint density at radius 2 is 1.39 bits per heavy atom. The van der Waals surface area contributed by atoms with E-state index in [1.165, 1.54) is 24.3 Å². The summed E-state index contributed by atoms with van der Waals surface area (Å²) in [6.07, 6.45) is 0. The maximum Gasteiger partial charge on any atom is 0.340 e. The SMILES string of the molecule is CCOC(=O)c1ccccc1Nc1c(F)c(F)c2c(c1F)C(=O)c1c(O)ccc(O)c1C2=O. The minimum Gasteiger partial charge on any atom is -0.507 e. The molecule has 1 aliphatic rings. The Kier molecular flexibility index (Phi) is 5.28. The second kappa shape index (κ2) is 7.97. The summed E-state index contributed by atoms with van der Waals surface area (Å²) in [4.78, 5) is 37.8. The Hall–Kier alpha value is -4.34. The number of phenolic OH excluding ortho intramolecular Hbond substituents is 2. The first-order valence-electron chi connectivity index (χ1n) is 9.56. The molecule has 10 heteroatoms. The van der Waals surface area contributed by atoms with Crippen LogP contribution in [0.15, 0.2) is 36.4 Å². The van der Waals surface area contributed by atoms with E-state index < -0.39 is 74.4 Å². The van der Waals surface area contributed by atoms with Gasteiger partial charge in [-0.1, -0.05) is 12.1 Å². The Bertz CT molecular complexity index is 1370. The summed E-state index contributed by atoms with van der Waals surface area (Å²) in [7, 11) is 0. The van der Waals surface area contributed by atoms with Crippen molar-refractivity contribution in [3.05, 3.63) is 81.7 Å². The van der Waals surface area contributed by atoms with Crippen molar-refractivity contribution >= 4 is 28.9 Å². The second-order valence-electron chi connectivity index (χ2n) is 6.97. The second-order valence-corrected chi connectivity index (χ2v) is 6.97. The van der Waals surface area contributed by atoms with Gasteiger partial charge >= 0.3 is 5.97 Å². The van der Waals surface area contributed by atoms with Gasteiger partial charge in [0.15, 0.2) is 17.5 Å². The zero-order valence-corrected chi connectivity index (χ0v) is 16.8. The molecule has 0 radical (unpaired) electrons. The zero-order chi connectivity index (χ0) is 24.0. The van der Waals surface area contributed by atoms with Gasteiger partial charge in [0, 0.05) is 0 Å². The largest absolute Gasteiger partial charge is 0.507 e. The lowest BCUT2D eigenvalue weighted by atomic mass is 9.82. The number of rotatable bonds is 4. The van der Waals surface area contributed by atoms with Crippen molar-refractivity contribution in [2.75, 3.05) is 11.9 Å². The molecule has 1 aliphatic carbocycles. The van der Waals surface area contributed by atoms with Crippen molar-refractivity contribution in [3.8, 4) is 11.5 Å². The normalized spacial score (nSPS) is 12.2. The molecular formula is C23H14F3NO6. The van der Waals surface area contributed by atoms with E-state index >= 15 is 4.39 Å². The van der Waals surface area contributed by atoms with E-state index in [9.17, 15) is 33.4 Å². The third kappa shape index (κ3) is 3.27. The first kappa shape index (κ1) is 21.9. The predicted octanol–water partition coefficient (Wildman–Crippen LogP) is 4.21.